The van der Waals surface area contributed by atoms with Gasteiger partial charge in [0.1, 0.15) is 0 Å². The molecule has 0 aromatic heterocycles. The lowest BCUT2D eigenvalue weighted by Gasteiger charge is -2.41. The minimum Gasteiger partial charge on any atom is -0.481 e. The van der Waals surface area contributed by atoms with Gasteiger partial charge in [0.2, 0.25) is 0 Å². The third kappa shape index (κ3) is 9.32. The molecule has 0 radical (unpaired) electrons. The summed E-state index contributed by atoms with van der Waals surface area (Å²) >= 11 is 0. The van der Waals surface area contributed by atoms with E-state index < -0.39 is 17.5 Å². The second kappa shape index (κ2) is 10.0. The van der Waals surface area contributed by atoms with Crippen LogP contribution in [0.5, 0.6) is 0 Å². The van der Waals surface area contributed by atoms with Crippen molar-refractivity contribution in [2.45, 2.75) is 83.5 Å². The van der Waals surface area contributed by atoms with Gasteiger partial charge in [0.25, 0.3) is 0 Å². The predicted molar refractivity (Wildman–Crippen MR) is 111 cm³/mol. The number of carboxylic acids is 2. The smallest absolute Gasteiger partial charge is 0.317 e. The number of hydrogen-bond donors (Lipinski definition) is 5. The summed E-state index contributed by atoms with van der Waals surface area (Å²) in [5.41, 5.74) is -0.976. The molecule has 2 atom stereocenters. The van der Waals surface area contributed by atoms with Crippen molar-refractivity contribution in [3.8, 4) is 0 Å². The van der Waals surface area contributed by atoms with E-state index in [4.69, 9.17) is 0 Å². The average molecular weight is 401 g/mol. The maximum absolute atomic E-state index is 11.4. The van der Waals surface area contributed by atoms with Crippen LogP contribution in [0.25, 0.3) is 0 Å². The van der Waals surface area contributed by atoms with Crippen LogP contribution in [0.2, 0.25) is 0 Å². The highest BCUT2D eigenvalue weighted by molar-refractivity contribution is 5.69. The lowest BCUT2D eigenvalue weighted by atomic mass is 9.83. The van der Waals surface area contributed by atoms with Gasteiger partial charge in [-0.15, -0.1) is 0 Å². The van der Waals surface area contributed by atoms with Crippen LogP contribution in [0.15, 0.2) is 0 Å². The number of carbonyl (C=O) groups is 2. The van der Waals surface area contributed by atoms with Crippen LogP contribution in [-0.4, -0.2) is 82.4 Å². The molecule has 0 amide bonds. The summed E-state index contributed by atoms with van der Waals surface area (Å²) in [5, 5.41) is 29.1. The second-order valence-electron chi connectivity index (χ2n) is 9.77. The molecule has 5 N–H and O–H groups in total. The Hall–Kier alpha value is -1.22. The Labute approximate surface area is 169 Å². The average Bonchev–Trinajstić information content (AvgIpc) is 2.47. The highest BCUT2D eigenvalue weighted by Gasteiger charge is 2.34. The molecule has 0 aromatic carbocycles. The summed E-state index contributed by atoms with van der Waals surface area (Å²) in [6, 6.07) is 0.122. The van der Waals surface area contributed by atoms with Gasteiger partial charge in [-0.05, 0) is 54.4 Å². The van der Waals surface area contributed by atoms with E-state index in [1.165, 1.54) is 0 Å². The molecule has 0 aromatic rings. The molecule has 2 unspecified atom stereocenters. The fourth-order valence-corrected chi connectivity index (χ4v) is 4.43. The Morgan fingerprint density at radius 3 is 2.07 bits per heavy atom. The number of nitrogens with one attached hydrogen (secondary N) is 3. The zero-order valence-corrected chi connectivity index (χ0v) is 18.4. The number of nitrogens with zero attached hydrogens (tertiary/aromatic N) is 1. The lowest BCUT2D eigenvalue weighted by Crippen LogP contribution is -2.57. The van der Waals surface area contributed by atoms with E-state index in [-0.39, 0.29) is 30.1 Å². The number of aliphatic carboxylic acids is 2. The van der Waals surface area contributed by atoms with E-state index in [0.29, 0.717) is 32.6 Å². The Bertz CT molecular complexity index is 538. The first kappa shape index (κ1) is 24.8. The first-order chi connectivity index (χ1) is 12.7. The second-order valence-corrected chi connectivity index (χ2v) is 9.77. The summed E-state index contributed by atoms with van der Waals surface area (Å²) < 4.78 is 0. The minimum absolute atomic E-state index is 0.0115. The zero-order chi connectivity index (χ0) is 21.6. The highest BCUT2D eigenvalue weighted by Crippen LogP contribution is 2.24. The molecule has 0 spiro atoms. The number of carboxylic acid groups (broad SMARTS) is 2. The molecule has 8 nitrogen and oxygen atoms in total. The topological polar surface area (TPSA) is 114 Å². The van der Waals surface area contributed by atoms with Crippen molar-refractivity contribution in [3.05, 3.63) is 0 Å². The van der Waals surface area contributed by atoms with Crippen molar-refractivity contribution >= 4 is 11.9 Å². The van der Waals surface area contributed by atoms with Gasteiger partial charge >= 0.3 is 11.9 Å². The molecular formula is C20H40N4O4. The summed E-state index contributed by atoms with van der Waals surface area (Å²) in [7, 11) is 0. The molecule has 1 heterocycles. The summed E-state index contributed by atoms with van der Waals surface area (Å²) in [6.07, 6.45) is 1.50. The van der Waals surface area contributed by atoms with E-state index in [0.717, 1.165) is 6.42 Å². The van der Waals surface area contributed by atoms with Gasteiger partial charge in [0, 0.05) is 48.8 Å². The molecule has 0 saturated carbocycles. The fraction of sp³-hybridized carbons (Fsp3) is 0.900. The molecule has 1 saturated heterocycles. The van der Waals surface area contributed by atoms with Gasteiger partial charge in [-0.3, -0.25) is 14.5 Å². The Morgan fingerprint density at radius 2 is 1.50 bits per heavy atom. The number of hydrogen-bond acceptors (Lipinski definition) is 6. The van der Waals surface area contributed by atoms with Crippen molar-refractivity contribution in [3.63, 3.8) is 0 Å². The van der Waals surface area contributed by atoms with Crippen molar-refractivity contribution in [1.82, 2.24) is 20.9 Å². The number of rotatable bonds is 4. The Morgan fingerprint density at radius 1 is 0.929 bits per heavy atom. The van der Waals surface area contributed by atoms with Gasteiger partial charge in [-0.1, -0.05) is 0 Å². The SMILES string of the molecule is CC1CC(C)(C)NCCNC(C)(CC(=O)O)CC(C)(C)NCCN1CC(=O)O. The van der Waals surface area contributed by atoms with Crippen LogP contribution >= 0.6 is 0 Å². The van der Waals surface area contributed by atoms with Gasteiger partial charge in [0.05, 0.1) is 13.0 Å². The zero-order valence-electron chi connectivity index (χ0n) is 18.4. The highest BCUT2D eigenvalue weighted by atomic mass is 16.4. The van der Waals surface area contributed by atoms with Crippen molar-refractivity contribution in [2.75, 3.05) is 32.7 Å². The van der Waals surface area contributed by atoms with E-state index >= 15 is 0 Å². The van der Waals surface area contributed by atoms with Gasteiger partial charge in [-0.2, -0.15) is 0 Å². The van der Waals surface area contributed by atoms with Gasteiger partial charge < -0.3 is 26.2 Å². The van der Waals surface area contributed by atoms with Gasteiger partial charge in [0.15, 0.2) is 0 Å². The largest absolute Gasteiger partial charge is 0.481 e. The third-order valence-corrected chi connectivity index (χ3v) is 5.42. The molecule has 1 aliphatic rings. The predicted octanol–water partition coefficient (Wildman–Crippen LogP) is 1.11. The molecule has 1 fully saturated rings. The van der Waals surface area contributed by atoms with Crippen molar-refractivity contribution in [2.24, 2.45) is 0 Å². The third-order valence-electron chi connectivity index (χ3n) is 5.42. The van der Waals surface area contributed by atoms with Crippen molar-refractivity contribution in [1.29, 1.82) is 0 Å². The van der Waals surface area contributed by atoms with Crippen LogP contribution in [0.3, 0.4) is 0 Å². The van der Waals surface area contributed by atoms with Crippen LogP contribution < -0.4 is 16.0 Å². The molecule has 0 bridgehead atoms. The van der Waals surface area contributed by atoms with Crippen LogP contribution in [0.4, 0.5) is 0 Å². The summed E-state index contributed by atoms with van der Waals surface area (Å²) in [5.74, 6) is -1.64. The van der Waals surface area contributed by atoms with Crippen LogP contribution in [0.1, 0.15) is 60.8 Å². The summed E-state index contributed by atoms with van der Waals surface area (Å²) in [6.45, 7) is 15.0. The minimum atomic E-state index is -0.823. The first-order valence-electron chi connectivity index (χ1n) is 10.2. The Balaban J connectivity index is 3.00. The molecule has 0 aliphatic carbocycles. The van der Waals surface area contributed by atoms with E-state index in [1.807, 2.05) is 11.8 Å². The fourth-order valence-electron chi connectivity index (χ4n) is 4.43. The first-order valence-corrected chi connectivity index (χ1v) is 10.2. The van der Waals surface area contributed by atoms with E-state index in [2.05, 4.69) is 50.6 Å². The standard InChI is InChI=1S/C20H40N4O4/c1-15-11-18(2,3)21-7-8-23-20(6,12-16(25)26)14-19(4,5)22-9-10-24(15)13-17(27)28/h15,21-23H,7-14H2,1-6H3,(H,25,26)(H,27,28). The van der Waals surface area contributed by atoms with E-state index in [9.17, 15) is 19.8 Å². The molecule has 8 heteroatoms. The van der Waals surface area contributed by atoms with E-state index in [1.54, 1.807) is 0 Å². The molecule has 28 heavy (non-hydrogen) atoms. The molecule has 164 valence electrons. The normalized spacial score (nSPS) is 30.3. The molecule has 1 aliphatic heterocycles. The Kier molecular flexibility index (Phi) is 8.87. The molecule has 1 rings (SSSR count). The summed E-state index contributed by atoms with van der Waals surface area (Å²) in [4.78, 5) is 24.7. The van der Waals surface area contributed by atoms with Gasteiger partial charge in [-0.25, -0.2) is 0 Å². The van der Waals surface area contributed by atoms with Crippen LogP contribution in [0, 0.1) is 0 Å². The maximum atomic E-state index is 11.4. The quantitative estimate of drug-likeness (QED) is 0.477. The lowest BCUT2D eigenvalue weighted by molar-refractivity contribution is -0.139. The van der Waals surface area contributed by atoms with Crippen molar-refractivity contribution < 1.29 is 19.8 Å². The maximum Gasteiger partial charge on any atom is 0.317 e. The molecular weight excluding hydrogens is 360 g/mol. The van der Waals surface area contributed by atoms with Crippen LogP contribution in [-0.2, 0) is 9.59 Å². The monoisotopic (exact) mass is 400 g/mol.